The second kappa shape index (κ2) is 12.4. The van der Waals surface area contributed by atoms with Crippen LogP contribution in [0.25, 0.3) is 0 Å². The second-order valence-corrected chi connectivity index (χ2v) is 11.0. The Balaban J connectivity index is 1.80. The van der Waals surface area contributed by atoms with Crippen molar-refractivity contribution in [3.05, 3.63) is 35.4 Å². The van der Waals surface area contributed by atoms with Crippen molar-refractivity contribution in [3.8, 4) is 0 Å². The van der Waals surface area contributed by atoms with Crippen LogP contribution in [-0.2, 0) is 36.8 Å². The molecule has 0 radical (unpaired) electrons. The summed E-state index contributed by atoms with van der Waals surface area (Å²) in [6, 6.07) is 5.29. The molecule has 1 aromatic carbocycles. The van der Waals surface area contributed by atoms with Gasteiger partial charge in [0.2, 0.25) is 17.6 Å². The molecule has 4 amide bonds. The van der Waals surface area contributed by atoms with Gasteiger partial charge in [-0.15, -0.1) is 0 Å². The highest BCUT2D eigenvalue weighted by atomic mass is 16.6. The van der Waals surface area contributed by atoms with Crippen molar-refractivity contribution < 1.29 is 28.7 Å². The van der Waals surface area contributed by atoms with Crippen LogP contribution in [0.3, 0.4) is 0 Å². The van der Waals surface area contributed by atoms with Crippen molar-refractivity contribution in [1.82, 2.24) is 20.9 Å². The lowest BCUT2D eigenvalue weighted by Crippen LogP contribution is -2.58. The molecule has 1 heterocycles. The molecule has 3 rings (SSSR count). The van der Waals surface area contributed by atoms with Crippen molar-refractivity contribution in [1.29, 1.82) is 0 Å². The van der Waals surface area contributed by atoms with E-state index in [2.05, 4.69) is 16.0 Å². The number of hydrogen-bond donors (Lipinski definition) is 3. The molecular formula is C28H40N4O6. The molecule has 0 bridgehead atoms. The minimum Gasteiger partial charge on any atom is -0.444 e. The van der Waals surface area contributed by atoms with Crippen LogP contribution in [0.15, 0.2) is 24.3 Å². The highest BCUT2D eigenvalue weighted by molar-refractivity contribution is 6.38. The molecule has 10 nitrogen and oxygen atoms in total. The molecular weight excluding hydrogens is 488 g/mol. The Labute approximate surface area is 224 Å². The summed E-state index contributed by atoms with van der Waals surface area (Å²) in [5, 5.41) is 7.80. The van der Waals surface area contributed by atoms with Gasteiger partial charge in [0, 0.05) is 13.6 Å². The summed E-state index contributed by atoms with van der Waals surface area (Å²) in [4.78, 5) is 65.9. The maximum atomic E-state index is 13.9. The van der Waals surface area contributed by atoms with Crippen molar-refractivity contribution in [2.24, 2.45) is 5.92 Å². The Hall–Kier alpha value is -3.43. The first-order chi connectivity index (χ1) is 17.9. The zero-order valence-corrected chi connectivity index (χ0v) is 23.0. The molecule has 38 heavy (non-hydrogen) atoms. The van der Waals surface area contributed by atoms with Gasteiger partial charge in [0.05, 0.1) is 6.04 Å². The predicted octanol–water partition coefficient (Wildman–Crippen LogP) is 1.89. The van der Waals surface area contributed by atoms with Crippen LogP contribution in [0.5, 0.6) is 0 Å². The Bertz CT molecular complexity index is 1040. The standard InChI is InChI=1S/C28H40N4O6/c1-6-10-20(23(33)25(35)29-5)30-24(34)21-13-9-14-32(21)26(36)22(31-27(37)38-28(2,3)4)19-15-17-11-7-8-12-18(17)16-19/h7-8,11-12,19-22H,6,9-10,13-16H2,1-5H3,(H,29,35)(H,30,34)(H,31,37)/t20?,21-,22-/m0/s1. The number of hydrogen-bond acceptors (Lipinski definition) is 6. The topological polar surface area (TPSA) is 134 Å². The van der Waals surface area contributed by atoms with E-state index in [-0.39, 0.29) is 11.8 Å². The lowest BCUT2D eigenvalue weighted by Gasteiger charge is -2.32. The SMILES string of the molecule is CCCC(NC(=O)[C@@H]1CCCN1C(=O)[C@@H](NC(=O)OC(C)(C)C)C1Cc2ccccc2C1)C(=O)C(=O)NC. The Morgan fingerprint density at radius 2 is 1.68 bits per heavy atom. The van der Waals surface area contributed by atoms with E-state index in [0.717, 1.165) is 11.1 Å². The number of carbonyl (C=O) groups is 5. The molecule has 1 fully saturated rings. The van der Waals surface area contributed by atoms with Crippen LogP contribution < -0.4 is 16.0 Å². The summed E-state index contributed by atoms with van der Waals surface area (Å²) < 4.78 is 5.46. The quantitative estimate of drug-likeness (QED) is 0.419. The van der Waals surface area contributed by atoms with Gasteiger partial charge in [-0.05, 0) is 69.9 Å². The first-order valence-corrected chi connectivity index (χ1v) is 13.4. The number of likely N-dealkylation sites (tertiary alicyclic amines) is 1. The number of ketones is 1. The van der Waals surface area contributed by atoms with E-state index in [9.17, 15) is 24.0 Å². The zero-order valence-electron chi connectivity index (χ0n) is 23.0. The molecule has 1 unspecified atom stereocenters. The van der Waals surface area contributed by atoms with Gasteiger partial charge in [0.1, 0.15) is 17.7 Å². The summed E-state index contributed by atoms with van der Waals surface area (Å²) in [7, 11) is 1.36. The lowest BCUT2D eigenvalue weighted by atomic mass is 9.95. The van der Waals surface area contributed by atoms with E-state index in [4.69, 9.17) is 4.74 Å². The smallest absolute Gasteiger partial charge is 0.408 e. The van der Waals surface area contributed by atoms with Gasteiger partial charge < -0.3 is 25.6 Å². The number of nitrogens with one attached hydrogen (secondary N) is 3. The molecule has 208 valence electrons. The van der Waals surface area contributed by atoms with Crippen molar-refractivity contribution in [3.63, 3.8) is 0 Å². The molecule has 1 aliphatic heterocycles. The van der Waals surface area contributed by atoms with Gasteiger partial charge in [-0.1, -0.05) is 37.6 Å². The number of ether oxygens (including phenoxy) is 1. The molecule has 0 saturated carbocycles. The maximum absolute atomic E-state index is 13.9. The summed E-state index contributed by atoms with van der Waals surface area (Å²) in [5.41, 5.74) is 1.53. The number of likely N-dealkylation sites (N-methyl/N-ethyl adjacent to an activating group) is 1. The number of alkyl carbamates (subject to hydrolysis) is 1. The van der Waals surface area contributed by atoms with Crippen LogP contribution in [0, 0.1) is 5.92 Å². The lowest BCUT2D eigenvalue weighted by molar-refractivity contribution is -0.143. The molecule has 1 aliphatic carbocycles. The van der Waals surface area contributed by atoms with E-state index >= 15 is 0 Å². The van der Waals surface area contributed by atoms with Gasteiger partial charge in [0.15, 0.2) is 0 Å². The van der Waals surface area contributed by atoms with Gasteiger partial charge in [-0.2, -0.15) is 0 Å². The zero-order chi connectivity index (χ0) is 28.0. The number of benzene rings is 1. The van der Waals surface area contributed by atoms with E-state index in [1.807, 2.05) is 31.2 Å². The highest BCUT2D eigenvalue weighted by Gasteiger charge is 2.43. The number of Topliss-reactive ketones (excluding diaryl/α,β-unsaturated/α-hetero) is 1. The Morgan fingerprint density at radius 1 is 1.05 bits per heavy atom. The summed E-state index contributed by atoms with van der Waals surface area (Å²) >= 11 is 0. The summed E-state index contributed by atoms with van der Waals surface area (Å²) in [6.45, 7) is 7.46. The van der Waals surface area contributed by atoms with E-state index in [1.165, 1.54) is 11.9 Å². The molecule has 10 heteroatoms. The van der Waals surface area contributed by atoms with Crippen LogP contribution in [-0.4, -0.2) is 71.8 Å². The summed E-state index contributed by atoms with van der Waals surface area (Å²) in [5.74, 6) is -2.51. The fraction of sp³-hybridized carbons (Fsp3) is 0.607. The molecule has 3 N–H and O–H groups in total. The fourth-order valence-corrected chi connectivity index (χ4v) is 5.23. The number of carbonyl (C=O) groups excluding carboxylic acids is 5. The monoisotopic (exact) mass is 528 g/mol. The van der Waals surface area contributed by atoms with Crippen LogP contribution in [0.4, 0.5) is 4.79 Å². The number of rotatable bonds is 9. The molecule has 0 spiro atoms. The number of fused-ring (bicyclic) bond motifs is 1. The average Bonchev–Trinajstić information content (AvgIpc) is 3.52. The van der Waals surface area contributed by atoms with Crippen LogP contribution in [0.1, 0.15) is 64.5 Å². The first-order valence-electron chi connectivity index (χ1n) is 13.4. The molecule has 1 saturated heterocycles. The fourth-order valence-electron chi connectivity index (χ4n) is 5.23. The third-order valence-corrected chi connectivity index (χ3v) is 6.99. The normalized spacial score (nSPS) is 18.8. The van der Waals surface area contributed by atoms with Gasteiger partial charge >= 0.3 is 6.09 Å². The van der Waals surface area contributed by atoms with Gasteiger partial charge in [-0.25, -0.2) is 4.79 Å². The van der Waals surface area contributed by atoms with E-state index in [1.54, 1.807) is 20.8 Å². The Kier molecular flexibility index (Phi) is 9.51. The second-order valence-electron chi connectivity index (χ2n) is 11.0. The highest BCUT2D eigenvalue weighted by Crippen LogP contribution is 2.31. The molecule has 3 atom stereocenters. The number of amides is 4. The van der Waals surface area contributed by atoms with Crippen LogP contribution in [0.2, 0.25) is 0 Å². The minimum absolute atomic E-state index is 0.195. The van der Waals surface area contributed by atoms with E-state index < -0.39 is 47.4 Å². The van der Waals surface area contributed by atoms with Gasteiger partial charge in [0.25, 0.3) is 5.91 Å². The van der Waals surface area contributed by atoms with E-state index in [0.29, 0.717) is 45.1 Å². The maximum Gasteiger partial charge on any atom is 0.408 e. The predicted molar refractivity (Wildman–Crippen MR) is 141 cm³/mol. The van der Waals surface area contributed by atoms with Crippen LogP contribution >= 0.6 is 0 Å². The first kappa shape index (κ1) is 29.1. The average molecular weight is 529 g/mol. The van der Waals surface area contributed by atoms with Crippen molar-refractivity contribution >= 4 is 29.6 Å². The molecule has 2 aliphatic rings. The largest absolute Gasteiger partial charge is 0.444 e. The third-order valence-electron chi connectivity index (χ3n) is 6.99. The van der Waals surface area contributed by atoms with Gasteiger partial charge in [-0.3, -0.25) is 19.2 Å². The van der Waals surface area contributed by atoms with Crippen molar-refractivity contribution in [2.45, 2.75) is 89.9 Å². The minimum atomic E-state index is -0.968. The summed E-state index contributed by atoms with van der Waals surface area (Å²) in [6.07, 6.45) is 2.47. The molecule has 0 aromatic heterocycles. The Morgan fingerprint density at radius 3 is 2.24 bits per heavy atom. The number of nitrogens with zero attached hydrogens (tertiary/aromatic N) is 1. The third kappa shape index (κ3) is 7.11. The molecule has 1 aromatic rings. The van der Waals surface area contributed by atoms with Crippen molar-refractivity contribution in [2.75, 3.05) is 13.6 Å².